The molecule has 21 heavy (non-hydrogen) atoms. The van der Waals surface area contributed by atoms with Crippen molar-refractivity contribution >= 4 is 27.9 Å². The quantitative estimate of drug-likeness (QED) is 0.779. The van der Waals surface area contributed by atoms with Crippen molar-refractivity contribution in [1.29, 1.82) is 0 Å². The zero-order valence-corrected chi connectivity index (χ0v) is 13.2. The summed E-state index contributed by atoms with van der Waals surface area (Å²) in [5.41, 5.74) is 4.70. The van der Waals surface area contributed by atoms with Gasteiger partial charge < -0.3 is 10.2 Å². The molecule has 1 aromatic carbocycles. The highest BCUT2D eigenvalue weighted by atomic mass is 32.1. The molecule has 3 rings (SSSR count). The van der Waals surface area contributed by atoms with Crippen LogP contribution in [-0.2, 0) is 13.1 Å². The molecule has 0 aliphatic heterocycles. The summed E-state index contributed by atoms with van der Waals surface area (Å²) in [4.78, 5) is 7.01. The molecule has 0 amide bonds. The summed E-state index contributed by atoms with van der Waals surface area (Å²) in [7, 11) is 4.09. The van der Waals surface area contributed by atoms with Crippen molar-refractivity contribution in [2.24, 2.45) is 0 Å². The van der Waals surface area contributed by atoms with Gasteiger partial charge in [0.25, 0.3) is 0 Å². The molecular weight excluding hydrogens is 278 g/mol. The molecule has 4 heteroatoms. The Hall–Kier alpha value is -1.91. The first kappa shape index (κ1) is 14.0. The van der Waals surface area contributed by atoms with E-state index in [-0.39, 0.29) is 0 Å². The van der Waals surface area contributed by atoms with Crippen LogP contribution in [0.2, 0.25) is 0 Å². The fourth-order valence-corrected chi connectivity index (χ4v) is 3.20. The van der Waals surface area contributed by atoms with Crippen molar-refractivity contribution in [3.63, 3.8) is 0 Å². The lowest BCUT2D eigenvalue weighted by Gasteiger charge is -2.21. The Morgan fingerprint density at radius 3 is 2.86 bits per heavy atom. The van der Waals surface area contributed by atoms with Gasteiger partial charge in [-0.05, 0) is 41.6 Å². The first-order chi connectivity index (χ1) is 10.3. The van der Waals surface area contributed by atoms with E-state index in [0.29, 0.717) is 0 Å². The second kappa shape index (κ2) is 6.24. The van der Waals surface area contributed by atoms with E-state index in [1.54, 1.807) is 11.3 Å². The Morgan fingerprint density at radius 2 is 2.10 bits per heavy atom. The number of rotatable bonds is 5. The number of nitrogens with one attached hydrogen (secondary N) is 1. The molecule has 3 nitrogen and oxygen atoms in total. The number of aromatic nitrogens is 1. The van der Waals surface area contributed by atoms with Crippen molar-refractivity contribution in [1.82, 2.24) is 10.3 Å². The normalized spacial score (nSPS) is 11.0. The van der Waals surface area contributed by atoms with E-state index in [4.69, 9.17) is 4.98 Å². The van der Waals surface area contributed by atoms with Gasteiger partial charge in [0.05, 0.1) is 11.2 Å². The molecule has 0 fully saturated rings. The number of pyridine rings is 1. The Labute approximate surface area is 129 Å². The first-order valence-electron chi connectivity index (χ1n) is 7.03. The summed E-state index contributed by atoms with van der Waals surface area (Å²) in [6, 6.07) is 12.7. The Morgan fingerprint density at radius 1 is 1.24 bits per heavy atom. The van der Waals surface area contributed by atoms with Crippen LogP contribution in [-0.4, -0.2) is 19.1 Å². The van der Waals surface area contributed by atoms with Gasteiger partial charge in [-0.15, -0.1) is 0 Å². The maximum Gasteiger partial charge on any atom is 0.0726 e. The highest BCUT2D eigenvalue weighted by Gasteiger charge is 2.10. The number of thiophene rings is 1. The van der Waals surface area contributed by atoms with Gasteiger partial charge in [-0.3, -0.25) is 4.98 Å². The Kier molecular flexibility index (Phi) is 4.18. The van der Waals surface area contributed by atoms with Gasteiger partial charge in [0.15, 0.2) is 0 Å². The van der Waals surface area contributed by atoms with E-state index in [2.05, 4.69) is 58.4 Å². The molecule has 0 saturated carbocycles. The zero-order chi connectivity index (χ0) is 14.7. The summed E-state index contributed by atoms with van der Waals surface area (Å²) >= 11 is 1.74. The summed E-state index contributed by atoms with van der Waals surface area (Å²) in [5, 5.41) is 8.71. The monoisotopic (exact) mass is 297 g/mol. The number of para-hydroxylation sites is 1. The third-order valence-electron chi connectivity index (χ3n) is 3.52. The Balaban J connectivity index is 2.02. The minimum absolute atomic E-state index is 0.782. The summed E-state index contributed by atoms with van der Waals surface area (Å²) in [6.45, 7) is 1.70. The average Bonchev–Trinajstić information content (AvgIpc) is 2.99. The van der Waals surface area contributed by atoms with Gasteiger partial charge in [0.1, 0.15) is 0 Å². The van der Waals surface area contributed by atoms with Crippen LogP contribution in [0.15, 0.2) is 47.2 Å². The lowest BCUT2D eigenvalue weighted by atomic mass is 10.1. The van der Waals surface area contributed by atoms with E-state index >= 15 is 0 Å². The van der Waals surface area contributed by atoms with E-state index in [0.717, 1.165) is 24.3 Å². The van der Waals surface area contributed by atoms with Crippen LogP contribution in [0.4, 0.5) is 5.69 Å². The maximum absolute atomic E-state index is 4.72. The van der Waals surface area contributed by atoms with Gasteiger partial charge in [-0.1, -0.05) is 18.2 Å². The van der Waals surface area contributed by atoms with Crippen LogP contribution >= 0.6 is 11.3 Å². The lowest BCUT2D eigenvalue weighted by Crippen LogP contribution is -2.17. The van der Waals surface area contributed by atoms with E-state index in [1.807, 2.05) is 13.1 Å². The van der Waals surface area contributed by atoms with Crippen molar-refractivity contribution in [2.75, 3.05) is 19.0 Å². The maximum atomic E-state index is 4.72. The number of hydrogen-bond donors (Lipinski definition) is 1. The van der Waals surface area contributed by atoms with Crippen LogP contribution in [0.25, 0.3) is 10.9 Å². The van der Waals surface area contributed by atoms with Crippen LogP contribution in [0.1, 0.15) is 11.3 Å². The molecule has 0 aliphatic carbocycles. The van der Waals surface area contributed by atoms with Gasteiger partial charge >= 0.3 is 0 Å². The molecule has 108 valence electrons. The van der Waals surface area contributed by atoms with Gasteiger partial charge in [0.2, 0.25) is 0 Å². The van der Waals surface area contributed by atoms with Gasteiger partial charge in [-0.25, -0.2) is 0 Å². The fourth-order valence-electron chi connectivity index (χ4n) is 2.54. The topological polar surface area (TPSA) is 28.2 Å². The smallest absolute Gasteiger partial charge is 0.0726 e. The van der Waals surface area contributed by atoms with E-state index < -0.39 is 0 Å². The third kappa shape index (κ3) is 3.06. The lowest BCUT2D eigenvalue weighted by molar-refractivity contribution is 0.793. The molecule has 0 spiro atoms. The number of nitrogens with zero attached hydrogens (tertiary/aromatic N) is 2. The minimum Gasteiger partial charge on any atom is -0.370 e. The van der Waals surface area contributed by atoms with Crippen molar-refractivity contribution in [3.05, 3.63) is 58.4 Å². The van der Waals surface area contributed by atoms with Crippen molar-refractivity contribution in [3.8, 4) is 0 Å². The zero-order valence-electron chi connectivity index (χ0n) is 12.3. The summed E-state index contributed by atoms with van der Waals surface area (Å²) in [5.74, 6) is 0. The van der Waals surface area contributed by atoms with Crippen LogP contribution < -0.4 is 10.2 Å². The first-order valence-corrected chi connectivity index (χ1v) is 7.97. The molecule has 0 unspecified atom stereocenters. The molecule has 0 aliphatic rings. The van der Waals surface area contributed by atoms with Crippen LogP contribution in [0.5, 0.6) is 0 Å². The number of hydrogen-bond acceptors (Lipinski definition) is 4. The average molecular weight is 297 g/mol. The van der Waals surface area contributed by atoms with Crippen molar-refractivity contribution < 1.29 is 0 Å². The largest absolute Gasteiger partial charge is 0.370 e. The molecule has 0 atom stereocenters. The fraction of sp³-hybridized carbons (Fsp3) is 0.235. The summed E-state index contributed by atoms with van der Waals surface area (Å²) in [6.07, 6.45) is 0. The van der Waals surface area contributed by atoms with E-state index in [9.17, 15) is 0 Å². The molecule has 0 saturated heterocycles. The van der Waals surface area contributed by atoms with Crippen LogP contribution in [0.3, 0.4) is 0 Å². The molecule has 2 heterocycles. The molecular formula is C17H19N3S. The van der Waals surface area contributed by atoms with E-state index in [1.165, 1.54) is 16.6 Å². The van der Waals surface area contributed by atoms with Crippen molar-refractivity contribution in [2.45, 2.75) is 13.1 Å². The molecule has 0 radical (unpaired) electrons. The predicted molar refractivity (Wildman–Crippen MR) is 90.9 cm³/mol. The Bertz CT molecular complexity index is 722. The predicted octanol–water partition coefficient (Wildman–Crippen LogP) is 3.65. The molecule has 3 aromatic rings. The minimum atomic E-state index is 0.782. The number of benzene rings is 1. The molecule has 2 aromatic heterocycles. The van der Waals surface area contributed by atoms with Gasteiger partial charge in [0, 0.05) is 31.2 Å². The molecule has 0 bridgehead atoms. The highest BCUT2D eigenvalue weighted by Crippen LogP contribution is 2.27. The number of anilines is 1. The standard InChI is InChI=1S/C17H19N3S/c1-18-10-14-9-17(15-5-3-4-6-16(15)19-14)20(2)11-13-7-8-21-12-13/h3-9,12,18H,10-11H2,1-2H3. The highest BCUT2D eigenvalue weighted by molar-refractivity contribution is 7.07. The number of fused-ring (bicyclic) bond motifs is 1. The SMILES string of the molecule is CNCc1cc(N(C)Cc2ccsc2)c2ccccc2n1. The molecule has 1 N–H and O–H groups in total. The third-order valence-corrected chi connectivity index (χ3v) is 4.25. The van der Waals surface area contributed by atoms with Gasteiger partial charge in [-0.2, -0.15) is 11.3 Å². The van der Waals surface area contributed by atoms with Crippen LogP contribution in [0, 0.1) is 0 Å². The summed E-state index contributed by atoms with van der Waals surface area (Å²) < 4.78 is 0. The second-order valence-electron chi connectivity index (χ2n) is 5.17. The second-order valence-corrected chi connectivity index (χ2v) is 5.95.